The zero-order valence-corrected chi connectivity index (χ0v) is 34.0. The van der Waals surface area contributed by atoms with Gasteiger partial charge < -0.3 is 45.4 Å². The maximum atomic E-state index is 10.4. The summed E-state index contributed by atoms with van der Waals surface area (Å²) in [6, 6.07) is 20.1. The van der Waals surface area contributed by atoms with Crippen LogP contribution in [0.4, 0.5) is 17.1 Å². The van der Waals surface area contributed by atoms with E-state index in [1.54, 1.807) is 115 Å². The van der Waals surface area contributed by atoms with E-state index in [9.17, 15) is 14.4 Å². The maximum absolute atomic E-state index is 10.4. The van der Waals surface area contributed by atoms with Gasteiger partial charge >= 0.3 is 24.3 Å². The van der Waals surface area contributed by atoms with Crippen LogP contribution < -0.4 is 18.9 Å². The Hall–Kier alpha value is -4.00. The fourth-order valence-corrected chi connectivity index (χ4v) is 9.91. The summed E-state index contributed by atoms with van der Waals surface area (Å²) in [6.07, 6.45) is 6.25. The van der Waals surface area contributed by atoms with Gasteiger partial charge in [0.1, 0.15) is 17.2 Å². The predicted octanol–water partition coefficient (Wildman–Crippen LogP) is 6.46. The molecule has 286 valence electrons. The highest BCUT2D eigenvalue weighted by molar-refractivity contribution is 8.08. The van der Waals surface area contributed by atoms with Crippen molar-refractivity contribution in [2.24, 2.45) is 15.0 Å². The molecule has 0 spiro atoms. The minimum absolute atomic E-state index is 0.322. The number of nitrogens with one attached hydrogen (secondary N) is 1. The lowest BCUT2D eigenvalue weighted by atomic mass is 10.3. The molecule has 0 bridgehead atoms. The van der Waals surface area contributed by atoms with Crippen molar-refractivity contribution in [1.82, 2.24) is 5.32 Å². The number of carbonyl (C=O) groups excluding carboxylic acids is 3. The Kier molecular flexibility index (Phi) is 20.7. The molecule has 20 heteroatoms. The van der Waals surface area contributed by atoms with Crippen LogP contribution in [0.15, 0.2) is 87.8 Å². The summed E-state index contributed by atoms with van der Waals surface area (Å²) in [5.74, 6) is 0.965. The highest BCUT2D eigenvalue weighted by Gasteiger charge is 2.38. The first kappa shape index (κ1) is 45.2. The smallest absolute Gasteiger partial charge is 0.407 e. The fourth-order valence-electron chi connectivity index (χ4n) is 4.44. The normalized spacial score (nSPS) is 12.0. The van der Waals surface area contributed by atoms with Crippen molar-refractivity contribution in [3.05, 3.63) is 72.8 Å². The lowest BCUT2D eigenvalue weighted by Gasteiger charge is -2.25. The van der Waals surface area contributed by atoms with Gasteiger partial charge in [0.2, 0.25) is 18.2 Å². The predicted molar refractivity (Wildman–Crippen MR) is 204 cm³/mol. The SMILES string of the molecule is CO[Si](CCCNCCC[Si](OC)(OC)OC)(OC)OC.O=C=Nc1ccc(OP(=S)(Oc2ccc(N=C=O)cc2)Oc2ccc(N=C=O)cc2)cc1. The van der Waals surface area contributed by atoms with E-state index in [2.05, 4.69) is 20.3 Å². The molecule has 0 aliphatic heterocycles. The highest BCUT2D eigenvalue weighted by Crippen LogP contribution is 2.50. The summed E-state index contributed by atoms with van der Waals surface area (Å²) < 4.78 is 49.9. The molecule has 16 nitrogen and oxygen atoms in total. The quantitative estimate of drug-likeness (QED) is 0.0362. The van der Waals surface area contributed by atoms with Gasteiger partial charge in [0.05, 0.1) is 17.1 Å². The van der Waals surface area contributed by atoms with Crippen LogP contribution in [0.25, 0.3) is 0 Å². The van der Waals surface area contributed by atoms with Gasteiger partial charge in [-0.15, -0.1) is 0 Å². The van der Waals surface area contributed by atoms with Crippen molar-refractivity contribution in [1.29, 1.82) is 0 Å². The second-order valence-corrected chi connectivity index (χ2v) is 19.3. The van der Waals surface area contributed by atoms with Gasteiger partial charge in [-0.1, -0.05) is 0 Å². The largest absolute Gasteiger partial charge is 0.500 e. The molecule has 3 aromatic carbocycles. The summed E-state index contributed by atoms with van der Waals surface area (Å²) in [6.45, 7) is -1.68. The Balaban J connectivity index is 0.000000404. The molecule has 1 N–H and O–H groups in total. The first-order valence-corrected chi connectivity index (χ1v) is 22.3. The average Bonchev–Trinajstić information content (AvgIpc) is 3.18. The molecule has 0 fully saturated rings. The number of rotatable bonds is 23. The van der Waals surface area contributed by atoms with Crippen LogP contribution in [0.2, 0.25) is 12.1 Å². The molecule has 0 aliphatic rings. The maximum Gasteiger partial charge on any atom is 0.500 e. The van der Waals surface area contributed by atoms with Crippen molar-refractivity contribution in [2.75, 3.05) is 55.7 Å². The molecule has 0 radical (unpaired) electrons. The van der Waals surface area contributed by atoms with E-state index in [1.165, 1.54) is 18.2 Å². The van der Waals surface area contributed by atoms with Crippen molar-refractivity contribution < 1.29 is 54.5 Å². The van der Waals surface area contributed by atoms with E-state index >= 15 is 0 Å². The van der Waals surface area contributed by atoms with Gasteiger partial charge in [0.25, 0.3) is 0 Å². The lowest BCUT2D eigenvalue weighted by molar-refractivity contribution is 0.123. The first-order chi connectivity index (χ1) is 25.6. The van der Waals surface area contributed by atoms with E-state index in [-0.39, 0.29) is 0 Å². The number of aliphatic imine (C=N–C) groups is 3. The number of isocyanates is 3. The van der Waals surface area contributed by atoms with Crippen LogP contribution in [-0.2, 0) is 52.7 Å². The lowest BCUT2D eigenvalue weighted by Crippen LogP contribution is -2.43. The number of nitrogens with zero attached hydrogens (tertiary/aromatic N) is 3. The minimum atomic E-state index is -3.47. The van der Waals surface area contributed by atoms with Gasteiger partial charge in [-0.05, 0) is 98.7 Å². The molecule has 0 atom stereocenters. The topological polar surface area (TPSA) is 183 Å². The van der Waals surface area contributed by atoms with E-state index in [0.29, 0.717) is 34.3 Å². The molecular weight excluding hydrogens is 764 g/mol. The van der Waals surface area contributed by atoms with Crippen LogP contribution in [0, 0.1) is 0 Å². The summed E-state index contributed by atoms with van der Waals surface area (Å²) in [5, 5.41) is 3.39. The molecule has 0 aromatic heterocycles. The molecule has 0 heterocycles. The van der Waals surface area contributed by atoms with Crippen LogP contribution in [0.1, 0.15) is 12.8 Å². The molecule has 0 aliphatic carbocycles. The first-order valence-electron chi connectivity index (χ1n) is 15.8. The van der Waals surface area contributed by atoms with Gasteiger partial charge in [0, 0.05) is 66.6 Å². The monoisotopic (exact) mass is 806 g/mol. The van der Waals surface area contributed by atoms with E-state index in [0.717, 1.165) is 38.0 Å². The fraction of sp³-hybridized carbons (Fsp3) is 0.364. The molecule has 3 aromatic rings. The second kappa shape index (κ2) is 24.3. The van der Waals surface area contributed by atoms with E-state index in [1.807, 2.05) is 0 Å². The molecule has 0 saturated heterocycles. The van der Waals surface area contributed by atoms with Gasteiger partial charge in [-0.25, -0.2) is 14.4 Å². The number of hydrogen-bond acceptors (Lipinski definition) is 17. The van der Waals surface area contributed by atoms with E-state index in [4.69, 9.17) is 51.9 Å². The van der Waals surface area contributed by atoms with Crippen molar-refractivity contribution in [3.8, 4) is 17.2 Å². The van der Waals surface area contributed by atoms with Crippen LogP contribution >= 0.6 is 6.72 Å². The van der Waals surface area contributed by atoms with Crippen LogP contribution in [0.3, 0.4) is 0 Å². The van der Waals surface area contributed by atoms with Crippen LogP contribution in [0.5, 0.6) is 17.2 Å². The summed E-state index contributed by atoms with van der Waals surface area (Å²) in [4.78, 5) is 41.7. The van der Waals surface area contributed by atoms with Crippen molar-refractivity contribution in [3.63, 3.8) is 0 Å². The molecule has 0 saturated carbocycles. The Morgan fingerprint density at radius 1 is 0.528 bits per heavy atom. The summed E-state index contributed by atoms with van der Waals surface area (Å²) in [5.41, 5.74) is 1.17. The van der Waals surface area contributed by atoms with E-state index < -0.39 is 24.3 Å². The van der Waals surface area contributed by atoms with Crippen molar-refractivity contribution in [2.45, 2.75) is 24.9 Å². The Bertz CT molecular complexity index is 1510. The Morgan fingerprint density at radius 3 is 1.02 bits per heavy atom. The third-order valence-corrected chi connectivity index (χ3v) is 14.9. The minimum Gasteiger partial charge on any atom is -0.407 e. The second-order valence-electron chi connectivity index (χ2n) is 10.4. The average molecular weight is 807 g/mol. The zero-order valence-electron chi connectivity index (χ0n) is 30.3. The van der Waals surface area contributed by atoms with Gasteiger partial charge in [0.15, 0.2) is 0 Å². The third kappa shape index (κ3) is 15.9. The summed E-state index contributed by atoms with van der Waals surface area (Å²) in [7, 11) is 4.96. The molecule has 0 amide bonds. The number of benzene rings is 3. The molecular formula is C33H43N4O12PSSi2. The van der Waals surface area contributed by atoms with Gasteiger partial charge in [-0.3, -0.25) is 0 Å². The van der Waals surface area contributed by atoms with Gasteiger partial charge in [-0.2, -0.15) is 15.0 Å². The third-order valence-electron chi connectivity index (χ3n) is 7.23. The summed E-state index contributed by atoms with van der Waals surface area (Å²) >= 11 is 5.59. The Labute approximate surface area is 316 Å². The molecule has 3 rings (SSSR count). The Morgan fingerprint density at radius 2 is 0.792 bits per heavy atom. The van der Waals surface area contributed by atoms with Crippen LogP contribution in [-0.4, -0.2) is 91.6 Å². The zero-order chi connectivity index (χ0) is 39.0. The van der Waals surface area contributed by atoms with Crippen molar-refractivity contribution >= 4 is 71.4 Å². The standard InChI is InChI=1S/C21H12N3O6PS.C12H31NO6Si2/c25-13-22-16-1-7-19(8-2-16)28-31(32,29-20-9-3-17(4-10-20)23-14-26)30-21-11-5-18(6-12-21)24-15-27;1-14-20(15-2,16-3)11-7-9-13-10-8-12-21(17-4,18-5)19-6/h1-12H;13H,7-12H2,1-6H3. The number of hydrogen-bond donors (Lipinski definition) is 1. The highest BCUT2D eigenvalue weighted by atomic mass is 32.5. The molecule has 53 heavy (non-hydrogen) atoms. The molecule has 0 unspecified atom stereocenters.